The van der Waals surface area contributed by atoms with Gasteiger partial charge in [-0.25, -0.2) is 4.98 Å². The third kappa shape index (κ3) is 5.57. The minimum atomic E-state index is 0.107. The van der Waals surface area contributed by atoms with Crippen molar-refractivity contribution in [2.75, 3.05) is 19.1 Å². The summed E-state index contributed by atoms with van der Waals surface area (Å²) in [5.41, 5.74) is 1.17. The maximum atomic E-state index is 5.30. The van der Waals surface area contributed by atoms with Crippen LogP contribution in [0.2, 0.25) is 0 Å². The Labute approximate surface area is 133 Å². The summed E-state index contributed by atoms with van der Waals surface area (Å²) in [6.07, 6.45) is 2.28. The first-order chi connectivity index (χ1) is 9.82. The molecule has 4 nitrogen and oxygen atoms in total. The lowest BCUT2D eigenvalue weighted by Gasteiger charge is -2.25. The molecule has 0 saturated carbocycles. The average molecular weight is 314 g/mol. The summed E-state index contributed by atoms with van der Waals surface area (Å²) in [5, 5.41) is 4.64. The fraction of sp³-hybridized carbons (Fsp3) is 0.812. The van der Waals surface area contributed by atoms with Crippen LogP contribution in [-0.4, -0.2) is 30.7 Å². The fourth-order valence-electron chi connectivity index (χ4n) is 2.25. The van der Waals surface area contributed by atoms with Crippen LogP contribution in [0, 0.1) is 0 Å². The molecule has 1 aromatic rings. The number of anilines is 1. The quantitative estimate of drug-likeness (QED) is 0.792. The van der Waals surface area contributed by atoms with Crippen LogP contribution < -0.4 is 10.2 Å². The minimum absolute atomic E-state index is 0.107. The van der Waals surface area contributed by atoms with Gasteiger partial charge in [0.1, 0.15) is 0 Å². The number of thiazole rings is 1. The summed E-state index contributed by atoms with van der Waals surface area (Å²) < 4.78 is 5.30. The molecule has 0 bridgehead atoms. The second-order valence-corrected chi connectivity index (χ2v) is 7.55. The van der Waals surface area contributed by atoms with Gasteiger partial charge in [-0.2, -0.15) is 0 Å². The van der Waals surface area contributed by atoms with E-state index < -0.39 is 0 Å². The first kappa shape index (κ1) is 18.4. The van der Waals surface area contributed by atoms with Crippen LogP contribution in [0.3, 0.4) is 0 Å². The number of rotatable bonds is 8. The highest BCUT2D eigenvalue weighted by Gasteiger charge is 2.19. The third-order valence-electron chi connectivity index (χ3n) is 3.62. The molecule has 1 aromatic heterocycles. The lowest BCUT2D eigenvalue weighted by Crippen LogP contribution is -2.35. The van der Waals surface area contributed by atoms with Crippen molar-refractivity contribution in [3.63, 3.8) is 0 Å². The van der Waals surface area contributed by atoms with Crippen LogP contribution in [0.25, 0.3) is 0 Å². The summed E-state index contributed by atoms with van der Waals surface area (Å²) in [6, 6.07) is 0.551. The van der Waals surface area contributed by atoms with E-state index in [0.717, 1.165) is 30.2 Å². The topological polar surface area (TPSA) is 37.4 Å². The Morgan fingerprint density at radius 2 is 1.90 bits per heavy atom. The van der Waals surface area contributed by atoms with Crippen LogP contribution in [0.4, 0.5) is 5.13 Å². The predicted molar refractivity (Wildman–Crippen MR) is 92.2 cm³/mol. The van der Waals surface area contributed by atoms with Crippen molar-refractivity contribution in [1.29, 1.82) is 0 Å². The zero-order valence-electron chi connectivity index (χ0n) is 14.6. The summed E-state index contributed by atoms with van der Waals surface area (Å²) in [4.78, 5) is 8.38. The molecule has 0 saturated heterocycles. The lowest BCUT2D eigenvalue weighted by molar-refractivity contribution is 0.181. The van der Waals surface area contributed by atoms with Gasteiger partial charge in [-0.05, 0) is 33.6 Å². The van der Waals surface area contributed by atoms with Crippen molar-refractivity contribution in [2.24, 2.45) is 0 Å². The minimum Gasteiger partial charge on any atom is -0.378 e. The monoisotopic (exact) mass is 313 g/mol. The van der Waals surface area contributed by atoms with E-state index in [1.54, 1.807) is 18.4 Å². The molecule has 0 aliphatic heterocycles. The number of hydrogen-bond donors (Lipinski definition) is 1. The number of ether oxygens (including phenoxy) is 1. The van der Waals surface area contributed by atoms with Crippen molar-refractivity contribution in [3.8, 4) is 0 Å². The molecule has 0 aromatic carbocycles. The van der Waals surface area contributed by atoms with Crippen molar-refractivity contribution in [1.82, 2.24) is 10.3 Å². The molecule has 1 heterocycles. The third-order valence-corrected chi connectivity index (χ3v) is 4.81. The molecule has 21 heavy (non-hydrogen) atoms. The molecule has 0 spiro atoms. The van der Waals surface area contributed by atoms with E-state index in [1.807, 2.05) is 0 Å². The molecule has 0 atom stereocenters. The number of aromatic nitrogens is 1. The van der Waals surface area contributed by atoms with Crippen LogP contribution in [0.15, 0.2) is 0 Å². The Morgan fingerprint density at radius 1 is 1.29 bits per heavy atom. The zero-order chi connectivity index (χ0) is 16.0. The van der Waals surface area contributed by atoms with Gasteiger partial charge < -0.3 is 15.0 Å². The Bertz CT molecular complexity index is 422. The highest BCUT2D eigenvalue weighted by Crippen LogP contribution is 2.29. The van der Waals surface area contributed by atoms with Crippen molar-refractivity contribution >= 4 is 16.5 Å². The molecule has 1 rings (SSSR count). The van der Waals surface area contributed by atoms with E-state index in [9.17, 15) is 0 Å². The second-order valence-electron chi connectivity index (χ2n) is 6.48. The second kappa shape index (κ2) is 8.11. The molecule has 0 amide bonds. The smallest absolute Gasteiger partial charge is 0.185 e. The first-order valence-corrected chi connectivity index (χ1v) is 8.59. The van der Waals surface area contributed by atoms with Crippen LogP contribution in [0.5, 0.6) is 0 Å². The van der Waals surface area contributed by atoms with E-state index in [-0.39, 0.29) is 5.54 Å². The van der Waals surface area contributed by atoms with Gasteiger partial charge >= 0.3 is 0 Å². The highest BCUT2D eigenvalue weighted by atomic mass is 32.1. The molecule has 0 radical (unpaired) electrons. The number of hydrogen-bond acceptors (Lipinski definition) is 5. The van der Waals surface area contributed by atoms with Gasteiger partial charge in [0.25, 0.3) is 0 Å². The van der Waals surface area contributed by atoms with Gasteiger partial charge in [0, 0.05) is 37.2 Å². The van der Waals surface area contributed by atoms with Gasteiger partial charge in [-0.3, -0.25) is 0 Å². The van der Waals surface area contributed by atoms with Crippen LogP contribution >= 0.6 is 11.3 Å². The van der Waals surface area contributed by atoms with E-state index in [0.29, 0.717) is 12.6 Å². The SMILES string of the molecule is CCC(CC)N(C)c1nc(COC)c(CNC(C)(C)C)s1. The van der Waals surface area contributed by atoms with Crippen molar-refractivity contribution in [3.05, 3.63) is 10.6 Å². The number of methoxy groups -OCH3 is 1. The molecular formula is C16H31N3OS. The van der Waals surface area contributed by atoms with E-state index in [4.69, 9.17) is 9.72 Å². The predicted octanol–water partition coefficient (Wildman–Crippen LogP) is 3.80. The molecule has 0 fully saturated rings. The standard InChI is InChI=1S/C16H31N3OS/c1-8-12(9-2)19(6)15-18-13(11-20-7)14(21-15)10-17-16(3,4)5/h12,17H,8-11H2,1-7H3. The maximum absolute atomic E-state index is 5.30. The maximum Gasteiger partial charge on any atom is 0.185 e. The average Bonchev–Trinajstić information content (AvgIpc) is 2.80. The van der Waals surface area contributed by atoms with E-state index in [1.165, 1.54) is 4.88 Å². The number of nitrogens with one attached hydrogen (secondary N) is 1. The Morgan fingerprint density at radius 3 is 2.38 bits per heavy atom. The molecule has 5 heteroatoms. The van der Waals surface area contributed by atoms with E-state index >= 15 is 0 Å². The molecule has 1 N–H and O–H groups in total. The fourth-order valence-corrected chi connectivity index (χ4v) is 3.28. The molecule has 122 valence electrons. The van der Waals surface area contributed by atoms with Crippen molar-refractivity contribution in [2.45, 2.75) is 72.2 Å². The number of nitrogens with zero attached hydrogens (tertiary/aromatic N) is 2. The van der Waals surface area contributed by atoms with Gasteiger partial charge in [0.05, 0.1) is 12.3 Å². The summed E-state index contributed by atoms with van der Waals surface area (Å²) in [6.45, 7) is 12.4. The molecular weight excluding hydrogens is 282 g/mol. The zero-order valence-corrected chi connectivity index (χ0v) is 15.4. The first-order valence-electron chi connectivity index (χ1n) is 7.77. The molecule has 0 unspecified atom stereocenters. The molecule has 0 aliphatic rings. The van der Waals surface area contributed by atoms with Gasteiger partial charge in [-0.15, -0.1) is 11.3 Å². The lowest BCUT2D eigenvalue weighted by atomic mass is 10.1. The Kier molecular flexibility index (Phi) is 7.10. The Hall–Kier alpha value is -0.650. The van der Waals surface area contributed by atoms with Crippen LogP contribution in [-0.2, 0) is 17.9 Å². The largest absolute Gasteiger partial charge is 0.378 e. The van der Waals surface area contributed by atoms with Crippen molar-refractivity contribution < 1.29 is 4.74 Å². The van der Waals surface area contributed by atoms with Gasteiger partial charge in [0.15, 0.2) is 5.13 Å². The van der Waals surface area contributed by atoms with E-state index in [2.05, 4.69) is 51.9 Å². The summed E-state index contributed by atoms with van der Waals surface area (Å²) in [7, 11) is 3.87. The summed E-state index contributed by atoms with van der Waals surface area (Å²) >= 11 is 1.78. The molecule has 0 aliphatic carbocycles. The van der Waals surface area contributed by atoms with Crippen LogP contribution in [0.1, 0.15) is 58.0 Å². The highest BCUT2D eigenvalue weighted by molar-refractivity contribution is 7.15. The van der Waals surface area contributed by atoms with Gasteiger partial charge in [-0.1, -0.05) is 13.8 Å². The Balaban J connectivity index is 2.92. The normalized spacial score (nSPS) is 12.2. The van der Waals surface area contributed by atoms with Gasteiger partial charge in [0.2, 0.25) is 0 Å². The summed E-state index contributed by atoms with van der Waals surface area (Å²) in [5.74, 6) is 0.